The summed E-state index contributed by atoms with van der Waals surface area (Å²) in [7, 11) is 0. The molecular formula is C11H13Cl2N5. The molecule has 5 N–H and O–H groups in total. The number of anilines is 1. The molecule has 7 heteroatoms. The predicted octanol–water partition coefficient (Wildman–Crippen LogP) is 1.85. The zero-order valence-electron chi connectivity index (χ0n) is 9.33. The summed E-state index contributed by atoms with van der Waals surface area (Å²) in [4.78, 5) is 8.21. The molecule has 0 aliphatic heterocycles. The van der Waals surface area contributed by atoms with Crippen LogP contribution in [0.15, 0.2) is 36.7 Å². The maximum absolute atomic E-state index is 7.42. The van der Waals surface area contributed by atoms with E-state index in [0.717, 1.165) is 5.56 Å². The largest absolute Gasteiger partial charge is 0.399 e. The summed E-state index contributed by atoms with van der Waals surface area (Å²) in [6, 6.07) is 7.19. The highest BCUT2D eigenvalue weighted by atomic mass is 35.5. The van der Waals surface area contributed by atoms with Crippen molar-refractivity contribution in [1.29, 1.82) is 5.41 Å². The summed E-state index contributed by atoms with van der Waals surface area (Å²) >= 11 is 0. The average Bonchev–Trinajstić information content (AvgIpc) is 2.30. The molecule has 1 heterocycles. The lowest BCUT2D eigenvalue weighted by molar-refractivity contribution is 1.17. The Balaban J connectivity index is 0.00000144. The van der Waals surface area contributed by atoms with Crippen LogP contribution >= 0.6 is 24.8 Å². The molecule has 0 unspecified atom stereocenters. The Morgan fingerprint density at radius 2 is 1.56 bits per heavy atom. The lowest BCUT2D eigenvalue weighted by Gasteiger charge is -2.05. The smallest absolute Gasteiger partial charge is 0.144 e. The van der Waals surface area contributed by atoms with Gasteiger partial charge >= 0.3 is 0 Å². The monoisotopic (exact) mass is 285 g/mol. The van der Waals surface area contributed by atoms with E-state index in [2.05, 4.69) is 9.97 Å². The summed E-state index contributed by atoms with van der Waals surface area (Å²) in [5, 5.41) is 7.42. The van der Waals surface area contributed by atoms with Crippen molar-refractivity contribution in [3.8, 4) is 11.3 Å². The third-order valence-electron chi connectivity index (χ3n) is 2.14. The highest BCUT2D eigenvalue weighted by Crippen LogP contribution is 2.20. The van der Waals surface area contributed by atoms with E-state index in [1.807, 2.05) is 12.1 Å². The molecular weight excluding hydrogens is 273 g/mol. The van der Waals surface area contributed by atoms with E-state index >= 15 is 0 Å². The number of rotatable bonds is 2. The number of halogens is 2. The van der Waals surface area contributed by atoms with Gasteiger partial charge in [-0.2, -0.15) is 0 Å². The third-order valence-corrected chi connectivity index (χ3v) is 2.14. The minimum Gasteiger partial charge on any atom is -0.399 e. The van der Waals surface area contributed by atoms with Gasteiger partial charge in [-0.15, -0.1) is 24.8 Å². The second kappa shape index (κ2) is 6.78. The molecule has 0 saturated heterocycles. The van der Waals surface area contributed by atoms with Crippen LogP contribution in [0, 0.1) is 5.41 Å². The molecule has 0 fully saturated rings. The van der Waals surface area contributed by atoms with Gasteiger partial charge in [0.2, 0.25) is 0 Å². The molecule has 0 saturated carbocycles. The van der Waals surface area contributed by atoms with E-state index in [4.69, 9.17) is 16.9 Å². The molecule has 5 nitrogen and oxygen atoms in total. The standard InChI is InChI=1S/C11H11N5.2ClH/c12-8-3-1-7(2-4-8)9-10(11(13)14)16-6-5-15-9;;/h1-6H,12H2,(H3,13,14);2*1H. The van der Waals surface area contributed by atoms with E-state index in [-0.39, 0.29) is 30.6 Å². The second-order valence-corrected chi connectivity index (χ2v) is 3.29. The van der Waals surface area contributed by atoms with Crippen LogP contribution in [0.2, 0.25) is 0 Å². The highest BCUT2D eigenvalue weighted by molar-refractivity contribution is 5.98. The van der Waals surface area contributed by atoms with Crippen LogP contribution in [0.25, 0.3) is 11.3 Å². The highest BCUT2D eigenvalue weighted by Gasteiger charge is 2.09. The van der Waals surface area contributed by atoms with Gasteiger partial charge in [-0.1, -0.05) is 12.1 Å². The van der Waals surface area contributed by atoms with E-state index in [1.165, 1.54) is 6.20 Å². The maximum atomic E-state index is 7.42. The number of amidine groups is 1. The molecule has 0 spiro atoms. The van der Waals surface area contributed by atoms with Gasteiger partial charge in [-0.05, 0) is 12.1 Å². The van der Waals surface area contributed by atoms with Crippen molar-refractivity contribution in [2.75, 3.05) is 5.73 Å². The zero-order chi connectivity index (χ0) is 11.5. The number of nitrogens with one attached hydrogen (secondary N) is 1. The van der Waals surface area contributed by atoms with Crippen molar-refractivity contribution in [2.45, 2.75) is 0 Å². The van der Waals surface area contributed by atoms with Crippen LogP contribution in [-0.2, 0) is 0 Å². The molecule has 2 aromatic rings. The minimum absolute atomic E-state index is 0. The third kappa shape index (κ3) is 3.32. The number of hydrogen-bond donors (Lipinski definition) is 3. The summed E-state index contributed by atoms with van der Waals surface area (Å²) < 4.78 is 0. The molecule has 1 aromatic heterocycles. The van der Waals surface area contributed by atoms with Crippen molar-refractivity contribution in [1.82, 2.24) is 9.97 Å². The normalized spacial score (nSPS) is 8.89. The molecule has 96 valence electrons. The Morgan fingerprint density at radius 3 is 2.11 bits per heavy atom. The lowest BCUT2D eigenvalue weighted by atomic mass is 10.1. The number of nitrogen functional groups attached to an aromatic ring is 2. The molecule has 0 radical (unpaired) electrons. The zero-order valence-corrected chi connectivity index (χ0v) is 11.0. The first-order chi connectivity index (χ1) is 7.68. The molecule has 2 rings (SSSR count). The first kappa shape index (κ1) is 16.1. The van der Waals surface area contributed by atoms with Crippen molar-refractivity contribution in [3.63, 3.8) is 0 Å². The van der Waals surface area contributed by atoms with Crippen LogP contribution in [-0.4, -0.2) is 15.8 Å². The number of hydrogen-bond acceptors (Lipinski definition) is 4. The van der Waals surface area contributed by atoms with Crippen molar-refractivity contribution < 1.29 is 0 Å². The fraction of sp³-hybridized carbons (Fsp3) is 0. The lowest BCUT2D eigenvalue weighted by Crippen LogP contribution is -2.15. The molecule has 0 aliphatic rings. The van der Waals surface area contributed by atoms with Crippen LogP contribution in [0.1, 0.15) is 5.69 Å². The van der Waals surface area contributed by atoms with E-state index < -0.39 is 0 Å². The van der Waals surface area contributed by atoms with E-state index in [0.29, 0.717) is 17.1 Å². The van der Waals surface area contributed by atoms with Gasteiger partial charge in [-0.25, -0.2) is 4.98 Å². The number of nitrogens with zero attached hydrogens (tertiary/aromatic N) is 2. The van der Waals surface area contributed by atoms with Crippen molar-refractivity contribution in [2.24, 2.45) is 5.73 Å². The number of aromatic nitrogens is 2. The van der Waals surface area contributed by atoms with Gasteiger partial charge in [0.25, 0.3) is 0 Å². The fourth-order valence-corrected chi connectivity index (χ4v) is 1.39. The Labute approximate surface area is 117 Å². The molecule has 1 aromatic carbocycles. The van der Waals surface area contributed by atoms with Crippen LogP contribution in [0.3, 0.4) is 0 Å². The van der Waals surface area contributed by atoms with Crippen LogP contribution < -0.4 is 11.5 Å². The first-order valence-corrected chi connectivity index (χ1v) is 4.70. The number of benzene rings is 1. The predicted molar refractivity (Wildman–Crippen MR) is 77.4 cm³/mol. The van der Waals surface area contributed by atoms with E-state index in [9.17, 15) is 0 Å². The fourth-order valence-electron chi connectivity index (χ4n) is 1.39. The topological polar surface area (TPSA) is 102 Å². The van der Waals surface area contributed by atoms with Gasteiger partial charge in [0.15, 0.2) is 0 Å². The maximum Gasteiger partial charge on any atom is 0.144 e. The van der Waals surface area contributed by atoms with E-state index in [1.54, 1.807) is 18.3 Å². The first-order valence-electron chi connectivity index (χ1n) is 4.70. The summed E-state index contributed by atoms with van der Waals surface area (Å²) in [5.41, 5.74) is 13.5. The average molecular weight is 286 g/mol. The number of nitrogens with two attached hydrogens (primary N) is 2. The molecule has 0 aliphatic carbocycles. The Bertz CT molecular complexity index is 527. The molecule has 0 bridgehead atoms. The molecule has 18 heavy (non-hydrogen) atoms. The summed E-state index contributed by atoms with van der Waals surface area (Å²) in [6.45, 7) is 0. The Kier molecular flexibility index (Phi) is 6.08. The summed E-state index contributed by atoms with van der Waals surface area (Å²) in [6.07, 6.45) is 3.08. The molecule has 0 atom stereocenters. The van der Waals surface area contributed by atoms with Crippen molar-refractivity contribution in [3.05, 3.63) is 42.4 Å². The van der Waals surface area contributed by atoms with Crippen LogP contribution in [0.4, 0.5) is 5.69 Å². The van der Waals surface area contributed by atoms with Gasteiger partial charge < -0.3 is 11.5 Å². The van der Waals surface area contributed by atoms with Gasteiger partial charge in [0, 0.05) is 23.6 Å². The molecule has 0 amide bonds. The second-order valence-electron chi connectivity index (χ2n) is 3.29. The van der Waals surface area contributed by atoms with Gasteiger partial charge in [0.05, 0.1) is 5.69 Å². The van der Waals surface area contributed by atoms with Crippen LogP contribution in [0.5, 0.6) is 0 Å². The minimum atomic E-state index is -0.0973. The summed E-state index contributed by atoms with van der Waals surface area (Å²) in [5.74, 6) is -0.0973. The van der Waals surface area contributed by atoms with Crippen molar-refractivity contribution >= 4 is 36.3 Å². The van der Waals surface area contributed by atoms with Gasteiger partial charge in [-0.3, -0.25) is 10.4 Å². The van der Waals surface area contributed by atoms with Gasteiger partial charge in [0.1, 0.15) is 11.5 Å². The Morgan fingerprint density at radius 1 is 1.00 bits per heavy atom. The Hall–Kier alpha value is -1.85. The quantitative estimate of drug-likeness (QED) is 0.445. The SMILES string of the molecule is Cl.Cl.N=C(N)c1nccnc1-c1ccc(N)cc1.